The van der Waals surface area contributed by atoms with Crippen LogP contribution in [-0.4, -0.2) is 45.1 Å². The SMILES string of the molecule is C[C@@H]1CN(c2c(C#N)c(=O)n(C)c3ccc(C#N)nc23)CCN1C(c1cccc(Cl)c1)c1ccc(F)cn1. The van der Waals surface area contributed by atoms with E-state index in [-0.39, 0.29) is 23.3 Å². The average molecular weight is 528 g/mol. The van der Waals surface area contributed by atoms with Gasteiger partial charge in [-0.2, -0.15) is 10.5 Å². The summed E-state index contributed by atoms with van der Waals surface area (Å²) in [6.45, 7) is 3.57. The molecule has 0 bridgehead atoms. The van der Waals surface area contributed by atoms with E-state index in [9.17, 15) is 19.7 Å². The highest BCUT2D eigenvalue weighted by Crippen LogP contribution is 2.35. The second kappa shape index (κ2) is 10.2. The van der Waals surface area contributed by atoms with E-state index in [1.807, 2.05) is 29.2 Å². The van der Waals surface area contributed by atoms with Crippen molar-refractivity contribution in [3.63, 3.8) is 0 Å². The van der Waals surface area contributed by atoms with Crippen LogP contribution in [0.2, 0.25) is 5.02 Å². The molecule has 1 saturated heterocycles. The van der Waals surface area contributed by atoms with Crippen molar-refractivity contribution in [1.29, 1.82) is 10.5 Å². The fraction of sp³-hybridized carbons (Fsp3) is 0.250. The van der Waals surface area contributed by atoms with E-state index in [0.717, 1.165) is 5.56 Å². The first kappa shape index (κ1) is 25.3. The summed E-state index contributed by atoms with van der Waals surface area (Å²) in [6, 6.07) is 17.6. The molecule has 4 aromatic rings. The third kappa shape index (κ3) is 4.47. The quantitative estimate of drug-likeness (QED) is 0.392. The molecule has 10 heteroatoms. The van der Waals surface area contributed by atoms with Crippen LogP contribution in [0.4, 0.5) is 10.1 Å². The average Bonchev–Trinajstić information content (AvgIpc) is 2.92. The number of benzene rings is 1. The predicted molar refractivity (Wildman–Crippen MR) is 142 cm³/mol. The van der Waals surface area contributed by atoms with Gasteiger partial charge < -0.3 is 9.47 Å². The number of nitrogens with zero attached hydrogens (tertiary/aromatic N) is 7. The minimum atomic E-state index is -0.415. The molecule has 5 rings (SSSR count). The maximum absolute atomic E-state index is 13.7. The van der Waals surface area contributed by atoms with Crippen LogP contribution < -0.4 is 10.5 Å². The lowest BCUT2D eigenvalue weighted by Crippen LogP contribution is -2.54. The molecule has 0 spiro atoms. The standard InChI is InChI=1S/C28H23ClFN7O/c1-17-16-36(27-22(14-32)28(38)35(2)24-9-7-21(13-31)34-25(24)27)10-11-37(17)26(18-4-3-5-19(29)12-18)23-8-6-20(30)15-33-23/h3-9,12,15,17,26H,10-11,16H2,1-2H3/t17-,26?/m1/s1. The molecule has 2 atom stereocenters. The number of rotatable bonds is 4. The van der Waals surface area contributed by atoms with E-state index in [1.54, 1.807) is 31.3 Å². The van der Waals surface area contributed by atoms with Crippen LogP contribution in [0, 0.1) is 28.5 Å². The summed E-state index contributed by atoms with van der Waals surface area (Å²) in [4.78, 5) is 26.2. The smallest absolute Gasteiger partial charge is 0.270 e. The Labute approximate surface area is 223 Å². The number of fused-ring (bicyclic) bond motifs is 1. The monoisotopic (exact) mass is 527 g/mol. The Bertz CT molecular complexity index is 1670. The summed E-state index contributed by atoms with van der Waals surface area (Å²) in [5.74, 6) is -0.415. The minimum Gasteiger partial charge on any atom is -0.366 e. The van der Waals surface area contributed by atoms with Crippen molar-refractivity contribution < 1.29 is 4.39 Å². The molecule has 1 aliphatic rings. The molecular formula is C28H23ClFN7O. The maximum atomic E-state index is 13.7. The van der Waals surface area contributed by atoms with Crippen LogP contribution in [-0.2, 0) is 7.05 Å². The van der Waals surface area contributed by atoms with Gasteiger partial charge >= 0.3 is 0 Å². The fourth-order valence-electron chi connectivity index (χ4n) is 5.18. The van der Waals surface area contributed by atoms with Crippen molar-refractivity contribution in [2.75, 3.05) is 24.5 Å². The van der Waals surface area contributed by atoms with E-state index in [4.69, 9.17) is 11.6 Å². The zero-order valence-corrected chi connectivity index (χ0v) is 21.5. The summed E-state index contributed by atoms with van der Waals surface area (Å²) in [7, 11) is 1.59. The number of aryl methyl sites for hydroxylation is 1. The van der Waals surface area contributed by atoms with E-state index in [1.165, 1.54) is 16.8 Å². The number of hydrogen-bond donors (Lipinski definition) is 0. The molecule has 190 valence electrons. The van der Waals surface area contributed by atoms with Crippen molar-refractivity contribution in [2.45, 2.75) is 19.0 Å². The van der Waals surface area contributed by atoms with Crippen molar-refractivity contribution >= 4 is 28.3 Å². The zero-order chi connectivity index (χ0) is 27.0. The summed E-state index contributed by atoms with van der Waals surface area (Å²) >= 11 is 6.32. The van der Waals surface area contributed by atoms with Gasteiger partial charge in [0.1, 0.15) is 34.7 Å². The van der Waals surface area contributed by atoms with Crippen molar-refractivity contribution in [3.8, 4) is 12.1 Å². The molecule has 0 aliphatic carbocycles. The van der Waals surface area contributed by atoms with E-state index >= 15 is 0 Å². The van der Waals surface area contributed by atoms with Crippen LogP contribution in [0.15, 0.2) is 59.5 Å². The van der Waals surface area contributed by atoms with Crippen LogP contribution in [0.1, 0.15) is 35.5 Å². The van der Waals surface area contributed by atoms with Gasteiger partial charge in [-0.25, -0.2) is 9.37 Å². The Balaban J connectivity index is 1.57. The maximum Gasteiger partial charge on any atom is 0.270 e. The Morgan fingerprint density at radius 3 is 2.61 bits per heavy atom. The van der Waals surface area contributed by atoms with Gasteiger partial charge in [0, 0.05) is 37.7 Å². The van der Waals surface area contributed by atoms with Crippen LogP contribution in [0.5, 0.6) is 0 Å². The topological polar surface area (TPSA) is 102 Å². The number of hydrogen-bond acceptors (Lipinski definition) is 7. The second-order valence-corrected chi connectivity index (χ2v) is 9.70. The van der Waals surface area contributed by atoms with Gasteiger partial charge in [0.2, 0.25) is 0 Å². The number of piperazine rings is 1. The molecular weight excluding hydrogens is 505 g/mol. The minimum absolute atomic E-state index is 0.00478. The summed E-state index contributed by atoms with van der Waals surface area (Å²) < 4.78 is 15.1. The van der Waals surface area contributed by atoms with Crippen molar-refractivity contribution in [2.24, 2.45) is 7.05 Å². The Morgan fingerprint density at radius 1 is 1.13 bits per heavy atom. The summed E-state index contributed by atoms with van der Waals surface area (Å²) in [5, 5.41) is 20.0. The normalized spacial score (nSPS) is 16.7. The highest BCUT2D eigenvalue weighted by molar-refractivity contribution is 6.30. The molecule has 38 heavy (non-hydrogen) atoms. The van der Waals surface area contributed by atoms with Gasteiger partial charge in [0.05, 0.1) is 29.1 Å². The molecule has 3 aromatic heterocycles. The third-order valence-electron chi connectivity index (χ3n) is 6.96. The van der Waals surface area contributed by atoms with Gasteiger partial charge in [-0.05, 0) is 48.9 Å². The first-order valence-electron chi connectivity index (χ1n) is 12.0. The van der Waals surface area contributed by atoms with Gasteiger partial charge in [0.25, 0.3) is 5.56 Å². The third-order valence-corrected chi connectivity index (χ3v) is 7.20. The first-order valence-corrected chi connectivity index (χ1v) is 12.4. The lowest BCUT2D eigenvalue weighted by molar-refractivity contribution is 0.147. The number of halogens is 2. The van der Waals surface area contributed by atoms with Crippen molar-refractivity contribution in [3.05, 3.63) is 98.4 Å². The van der Waals surface area contributed by atoms with Gasteiger partial charge in [-0.3, -0.25) is 14.7 Å². The lowest BCUT2D eigenvalue weighted by Gasteiger charge is -2.45. The van der Waals surface area contributed by atoms with Gasteiger partial charge in [0.15, 0.2) is 0 Å². The van der Waals surface area contributed by atoms with E-state index in [2.05, 4.69) is 27.9 Å². The number of aromatic nitrogens is 3. The van der Waals surface area contributed by atoms with Crippen LogP contribution in [0.3, 0.4) is 0 Å². The predicted octanol–water partition coefficient (Wildman–Crippen LogP) is 4.16. The van der Waals surface area contributed by atoms with E-state index in [0.29, 0.717) is 47.1 Å². The lowest BCUT2D eigenvalue weighted by atomic mass is 9.97. The van der Waals surface area contributed by atoms with Gasteiger partial charge in [-0.15, -0.1) is 0 Å². The number of pyridine rings is 3. The molecule has 0 N–H and O–H groups in total. The Kier molecular flexibility index (Phi) is 6.81. The fourth-order valence-corrected chi connectivity index (χ4v) is 5.38. The van der Waals surface area contributed by atoms with Crippen LogP contribution in [0.25, 0.3) is 11.0 Å². The molecule has 1 unspecified atom stereocenters. The molecule has 0 amide bonds. The Morgan fingerprint density at radius 2 is 1.95 bits per heavy atom. The van der Waals surface area contributed by atoms with Crippen molar-refractivity contribution in [1.82, 2.24) is 19.4 Å². The zero-order valence-electron chi connectivity index (χ0n) is 20.8. The highest BCUT2D eigenvalue weighted by atomic mass is 35.5. The number of nitriles is 2. The van der Waals surface area contributed by atoms with Crippen LogP contribution >= 0.6 is 11.6 Å². The molecule has 1 aromatic carbocycles. The Hall–Kier alpha value is -4.31. The largest absolute Gasteiger partial charge is 0.366 e. The molecule has 4 heterocycles. The summed E-state index contributed by atoms with van der Waals surface area (Å²) in [6.07, 6.45) is 1.21. The molecule has 0 saturated carbocycles. The van der Waals surface area contributed by atoms with Gasteiger partial charge in [-0.1, -0.05) is 23.7 Å². The molecule has 0 radical (unpaired) electrons. The molecule has 1 aliphatic heterocycles. The first-order chi connectivity index (χ1) is 18.3. The summed E-state index contributed by atoms with van der Waals surface area (Å²) in [5.41, 5.74) is 2.82. The highest BCUT2D eigenvalue weighted by Gasteiger charge is 2.34. The second-order valence-electron chi connectivity index (χ2n) is 9.27. The molecule has 8 nitrogen and oxygen atoms in total. The number of anilines is 1. The molecule has 1 fully saturated rings. The van der Waals surface area contributed by atoms with E-state index < -0.39 is 11.4 Å².